The molecule has 0 spiro atoms. The van der Waals surface area contributed by atoms with Gasteiger partial charge in [-0.25, -0.2) is 15.0 Å². The Labute approximate surface area is 164 Å². The number of fused-ring (bicyclic) bond motifs is 1. The van der Waals surface area contributed by atoms with Crippen molar-refractivity contribution < 1.29 is 4.74 Å². The molecule has 8 heteroatoms. The van der Waals surface area contributed by atoms with E-state index in [4.69, 9.17) is 9.72 Å². The summed E-state index contributed by atoms with van der Waals surface area (Å²) in [4.78, 5) is 20.4. The summed E-state index contributed by atoms with van der Waals surface area (Å²) in [6.45, 7) is 1.82. The first-order valence-corrected chi connectivity index (χ1v) is 10.0. The Morgan fingerprint density at radius 3 is 2.68 bits per heavy atom. The zero-order chi connectivity index (χ0) is 18.9. The van der Waals surface area contributed by atoms with Gasteiger partial charge < -0.3 is 19.5 Å². The molecule has 0 atom stereocenters. The highest BCUT2D eigenvalue weighted by atomic mass is 16.5. The van der Waals surface area contributed by atoms with E-state index in [0.717, 1.165) is 54.5 Å². The normalized spacial score (nSPS) is 18.4. The lowest BCUT2D eigenvalue weighted by molar-refractivity contribution is 0.0816. The van der Waals surface area contributed by atoms with Crippen molar-refractivity contribution in [3.63, 3.8) is 0 Å². The van der Waals surface area contributed by atoms with E-state index < -0.39 is 0 Å². The lowest BCUT2D eigenvalue weighted by Gasteiger charge is -2.31. The van der Waals surface area contributed by atoms with Gasteiger partial charge in [-0.1, -0.05) is 0 Å². The molecule has 1 saturated heterocycles. The van der Waals surface area contributed by atoms with Crippen molar-refractivity contribution >= 4 is 28.6 Å². The molecule has 0 unspecified atom stereocenters. The Bertz CT molecular complexity index is 960. The third-order valence-electron chi connectivity index (χ3n) is 5.89. The number of rotatable bonds is 5. The Morgan fingerprint density at radius 1 is 1.07 bits per heavy atom. The molecule has 1 aliphatic heterocycles. The van der Waals surface area contributed by atoms with Crippen LogP contribution in [0.5, 0.6) is 0 Å². The summed E-state index contributed by atoms with van der Waals surface area (Å²) in [6.07, 6.45) is 11.7. The van der Waals surface area contributed by atoms with Crippen LogP contribution in [-0.4, -0.2) is 50.8 Å². The van der Waals surface area contributed by atoms with Crippen LogP contribution in [0, 0.1) is 0 Å². The highest BCUT2D eigenvalue weighted by Crippen LogP contribution is 2.34. The minimum absolute atomic E-state index is 0.342. The van der Waals surface area contributed by atoms with E-state index >= 15 is 0 Å². The van der Waals surface area contributed by atoms with Crippen molar-refractivity contribution in [3.05, 3.63) is 30.9 Å². The topological polar surface area (TPSA) is 81.0 Å². The van der Waals surface area contributed by atoms with E-state index in [2.05, 4.69) is 35.8 Å². The fraction of sp³-hybridized carbons (Fsp3) is 0.500. The smallest absolute Gasteiger partial charge is 0.227 e. The summed E-state index contributed by atoms with van der Waals surface area (Å²) in [5, 5.41) is 3.33. The van der Waals surface area contributed by atoms with Crippen LogP contribution in [0.2, 0.25) is 0 Å². The molecular weight excluding hydrogens is 354 g/mol. The summed E-state index contributed by atoms with van der Waals surface area (Å²) >= 11 is 0. The Morgan fingerprint density at radius 2 is 1.93 bits per heavy atom. The molecule has 8 nitrogen and oxygen atoms in total. The molecular formula is C20H25N7O. The fourth-order valence-electron chi connectivity index (χ4n) is 3.95. The average molecular weight is 379 g/mol. The second kappa shape index (κ2) is 7.35. The number of imidazole rings is 1. The Hall–Kier alpha value is -2.74. The van der Waals surface area contributed by atoms with Crippen LogP contribution in [0.1, 0.15) is 38.1 Å². The van der Waals surface area contributed by atoms with Gasteiger partial charge in [-0.2, -0.15) is 4.98 Å². The van der Waals surface area contributed by atoms with Crippen molar-refractivity contribution in [3.8, 4) is 0 Å². The quantitative estimate of drug-likeness (QED) is 0.728. The van der Waals surface area contributed by atoms with E-state index in [-0.39, 0.29) is 0 Å². The number of aromatic nitrogens is 5. The maximum absolute atomic E-state index is 5.45. The first kappa shape index (κ1) is 17.4. The third-order valence-corrected chi connectivity index (χ3v) is 5.89. The van der Waals surface area contributed by atoms with Gasteiger partial charge >= 0.3 is 0 Å². The number of methoxy groups -OCH3 is 1. The minimum atomic E-state index is 0.342. The number of hydrogen-bond acceptors (Lipinski definition) is 7. The van der Waals surface area contributed by atoms with Crippen LogP contribution in [-0.2, 0) is 4.74 Å². The predicted octanol–water partition coefficient (Wildman–Crippen LogP) is 3.31. The molecule has 0 aromatic carbocycles. The van der Waals surface area contributed by atoms with E-state index in [9.17, 15) is 0 Å². The van der Waals surface area contributed by atoms with Gasteiger partial charge in [-0.05, 0) is 38.2 Å². The van der Waals surface area contributed by atoms with Crippen molar-refractivity contribution in [1.29, 1.82) is 0 Å². The highest BCUT2D eigenvalue weighted by molar-refractivity contribution is 5.78. The van der Waals surface area contributed by atoms with Gasteiger partial charge in [-0.15, -0.1) is 0 Å². The maximum atomic E-state index is 5.45. The van der Waals surface area contributed by atoms with E-state index in [1.54, 1.807) is 13.3 Å². The molecule has 2 aliphatic rings. The summed E-state index contributed by atoms with van der Waals surface area (Å²) < 4.78 is 7.72. The first-order chi connectivity index (χ1) is 13.8. The molecule has 28 heavy (non-hydrogen) atoms. The van der Waals surface area contributed by atoms with Crippen molar-refractivity contribution in [2.75, 3.05) is 30.4 Å². The number of piperidine rings is 1. The van der Waals surface area contributed by atoms with E-state index in [1.165, 1.54) is 19.3 Å². The lowest BCUT2D eigenvalue weighted by Crippen LogP contribution is -2.37. The molecule has 3 aromatic rings. The van der Waals surface area contributed by atoms with Crippen molar-refractivity contribution in [2.24, 2.45) is 0 Å². The summed E-state index contributed by atoms with van der Waals surface area (Å²) in [7, 11) is 1.78. The molecule has 2 fully saturated rings. The van der Waals surface area contributed by atoms with Crippen molar-refractivity contribution in [2.45, 2.75) is 44.2 Å². The van der Waals surface area contributed by atoms with Gasteiger partial charge in [0.1, 0.15) is 17.2 Å². The highest BCUT2D eigenvalue weighted by Gasteiger charge is 2.22. The van der Waals surface area contributed by atoms with Crippen LogP contribution >= 0.6 is 0 Å². The van der Waals surface area contributed by atoms with Gasteiger partial charge in [0.15, 0.2) is 0 Å². The standard InChI is InChI=1S/C20H25N7O/c1-28-15-6-9-26(10-7-15)20-21-8-5-18(25-20)24-19-11-17-16(12-22-19)23-13-27(17)14-3-2-4-14/h5,8,11-15H,2-4,6-7,9-10H2,1H3,(H,21,22,24,25). The third kappa shape index (κ3) is 3.28. The van der Waals surface area contributed by atoms with Gasteiger partial charge in [-0.3, -0.25) is 0 Å². The summed E-state index contributed by atoms with van der Waals surface area (Å²) in [5.74, 6) is 2.27. The molecule has 146 valence electrons. The van der Waals surface area contributed by atoms with Crippen molar-refractivity contribution in [1.82, 2.24) is 24.5 Å². The molecule has 5 rings (SSSR count). The molecule has 1 saturated carbocycles. The second-order valence-corrected chi connectivity index (χ2v) is 7.58. The number of pyridine rings is 1. The van der Waals surface area contributed by atoms with Crippen LogP contribution in [0.15, 0.2) is 30.9 Å². The van der Waals surface area contributed by atoms with Gasteiger partial charge in [0, 0.05) is 38.5 Å². The molecule has 0 radical (unpaired) electrons. The maximum Gasteiger partial charge on any atom is 0.227 e. The number of nitrogens with zero attached hydrogens (tertiary/aromatic N) is 6. The summed E-state index contributed by atoms with van der Waals surface area (Å²) in [6, 6.07) is 4.51. The molecule has 4 heterocycles. The monoisotopic (exact) mass is 379 g/mol. The molecule has 3 aromatic heterocycles. The zero-order valence-corrected chi connectivity index (χ0v) is 16.1. The number of hydrogen-bond donors (Lipinski definition) is 1. The predicted molar refractivity (Wildman–Crippen MR) is 108 cm³/mol. The van der Waals surface area contributed by atoms with Crippen LogP contribution < -0.4 is 10.2 Å². The van der Waals surface area contributed by atoms with Gasteiger partial charge in [0.05, 0.1) is 24.1 Å². The SMILES string of the molecule is COC1CCN(c2nccc(Nc3cc4c(cn3)ncn4C3CCC3)n2)CC1. The largest absolute Gasteiger partial charge is 0.381 e. The summed E-state index contributed by atoms with van der Waals surface area (Å²) in [5.41, 5.74) is 2.06. The van der Waals surface area contributed by atoms with Gasteiger partial charge in [0.2, 0.25) is 5.95 Å². The minimum Gasteiger partial charge on any atom is -0.381 e. The van der Waals surface area contributed by atoms with Crippen LogP contribution in [0.4, 0.5) is 17.6 Å². The average Bonchev–Trinajstić information content (AvgIpc) is 3.10. The number of ether oxygens (including phenoxy) is 1. The van der Waals surface area contributed by atoms with E-state index in [0.29, 0.717) is 12.1 Å². The molecule has 1 aliphatic carbocycles. The number of anilines is 3. The molecule has 0 bridgehead atoms. The van der Waals surface area contributed by atoms with Gasteiger partial charge in [0.25, 0.3) is 0 Å². The first-order valence-electron chi connectivity index (χ1n) is 10.0. The van der Waals surface area contributed by atoms with Crippen LogP contribution in [0.3, 0.4) is 0 Å². The Kier molecular flexibility index (Phi) is 4.56. The number of nitrogens with one attached hydrogen (secondary N) is 1. The fourth-order valence-corrected chi connectivity index (χ4v) is 3.95. The second-order valence-electron chi connectivity index (χ2n) is 7.58. The van der Waals surface area contributed by atoms with E-state index in [1.807, 2.05) is 18.6 Å². The molecule has 1 N–H and O–H groups in total. The zero-order valence-electron chi connectivity index (χ0n) is 16.1. The lowest BCUT2D eigenvalue weighted by atomic mass is 9.93. The molecule has 0 amide bonds. The Balaban J connectivity index is 1.34. The van der Waals surface area contributed by atoms with Crippen LogP contribution in [0.25, 0.3) is 11.0 Å².